The smallest absolute Gasteiger partial charge is 0.264 e. The van der Waals surface area contributed by atoms with Gasteiger partial charge in [0.2, 0.25) is 5.88 Å². The average molecular weight is 479 g/mol. The fourth-order valence-corrected chi connectivity index (χ4v) is 5.06. The summed E-state index contributed by atoms with van der Waals surface area (Å²) < 4.78 is 34.0. The van der Waals surface area contributed by atoms with Gasteiger partial charge >= 0.3 is 0 Å². The Morgan fingerprint density at radius 2 is 1.79 bits per heavy atom. The Bertz CT molecular complexity index is 1360. The SMILES string of the molecule is C=CC(c1ccc(C)cc1)S(=O)(=O)n1cc(-c2cccc(Cl)c2)c(OCc2ccccc2)n1. The van der Waals surface area contributed by atoms with E-state index in [-0.39, 0.29) is 12.5 Å². The van der Waals surface area contributed by atoms with Crippen molar-refractivity contribution in [2.75, 3.05) is 0 Å². The molecule has 0 saturated heterocycles. The largest absolute Gasteiger partial charge is 0.471 e. The van der Waals surface area contributed by atoms with E-state index in [1.165, 1.54) is 12.3 Å². The minimum absolute atomic E-state index is 0.205. The third-order valence-corrected chi connectivity index (χ3v) is 7.26. The highest BCUT2D eigenvalue weighted by molar-refractivity contribution is 7.90. The van der Waals surface area contributed by atoms with E-state index in [4.69, 9.17) is 16.3 Å². The van der Waals surface area contributed by atoms with Crippen LogP contribution >= 0.6 is 11.6 Å². The van der Waals surface area contributed by atoms with Crippen molar-refractivity contribution in [3.63, 3.8) is 0 Å². The van der Waals surface area contributed by atoms with Gasteiger partial charge in [-0.15, -0.1) is 11.7 Å². The Morgan fingerprint density at radius 3 is 2.45 bits per heavy atom. The van der Waals surface area contributed by atoms with Crippen LogP contribution in [0, 0.1) is 6.92 Å². The Kier molecular flexibility index (Phi) is 6.67. The normalized spacial score (nSPS) is 12.3. The van der Waals surface area contributed by atoms with E-state index in [1.54, 1.807) is 30.3 Å². The van der Waals surface area contributed by atoms with E-state index in [0.29, 0.717) is 21.7 Å². The molecule has 1 atom stereocenters. The summed E-state index contributed by atoms with van der Waals surface area (Å²) >= 11 is 6.18. The van der Waals surface area contributed by atoms with Crippen LogP contribution in [-0.2, 0) is 16.6 Å². The van der Waals surface area contributed by atoms with Gasteiger partial charge in [-0.3, -0.25) is 0 Å². The van der Waals surface area contributed by atoms with Gasteiger partial charge in [-0.05, 0) is 35.7 Å². The molecule has 1 heterocycles. The molecular weight excluding hydrogens is 456 g/mol. The summed E-state index contributed by atoms with van der Waals surface area (Å²) in [5.41, 5.74) is 3.83. The Balaban J connectivity index is 1.76. The lowest BCUT2D eigenvalue weighted by molar-refractivity contribution is 0.293. The fourth-order valence-electron chi connectivity index (χ4n) is 3.46. The van der Waals surface area contributed by atoms with Crippen LogP contribution in [0.1, 0.15) is 21.9 Å². The maximum absolute atomic E-state index is 13.5. The highest BCUT2D eigenvalue weighted by Crippen LogP contribution is 2.34. The van der Waals surface area contributed by atoms with Gasteiger partial charge in [0.25, 0.3) is 10.0 Å². The van der Waals surface area contributed by atoms with Crippen LogP contribution in [0.25, 0.3) is 11.1 Å². The summed E-state index contributed by atoms with van der Waals surface area (Å²) in [5, 5.41) is 3.89. The highest BCUT2D eigenvalue weighted by Gasteiger charge is 2.29. The lowest BCUT2D eigenvalue weighted by Crippen LogP contribution is -2.20. The molecule has 0 bridgehead atoms. The molecule has 0 amide bonds. The molecule has 0 saturated carbocycles. The van der Waals surface area contributed by atoms with Crippen molar-refractivity contribution < 1.29 is 13.2 Å². The second-order valence-corrected chi connectivity index (χ2v) is 9.97. The molecule has 3 aromatic carbocycles. The van der Waals surface area contributed by atoms with Crippen LogP contribution in [0.15, 0.2) is 97.7 Å². The van der Waals surface area contributed by atoms with Crippen LogP contribution < -0.4 is 4.74 Å². The van der Waals surface area contributed by atoms with Gasteiger partial charge in [0.1, 0.15) is 11.9 Å². The van der Waals surface area contributed by atoms with Crippen molar-refractivity contribution >= 4 is 21.6 Å². The molecule has 0 radical (unpaired) electrons. The lowest BCUT2D eigenvalue weighted by Gasteiger charge is -2.14. The zero-order valence-corrected chi connectivity index (χ0v) is 19.6. The number of aromatic nitrogens is 2. The number of ether oxygens (including phenoxy) is 1. The molecule has 1 unspecified atom stereocenters. The Morgan fingerprint density at radius 1 is 1.06 bits per heavy atom. The van der Waals surface area contributed by atoms with Crippen molar-refractivity contribution in [3.05, 3.63) is 119 Å². The number of halogens is 1. The summed E-state index contributed by atoms with van der Waals surface area (Å²) in [6.07, 6.45) is 2.87. The minimum Gasteiger partial charge on any atom is -0.471 e. The van der Waals surface area contributed by atoms with Gasteiger partial charge in [-0.2, -0.15) is 4.09 Å². The molecular formula is C26H23ClN2O3S. The standard InChI is InChI=1S/C26H23ClN2O3S/c1-3-25(21-14-12-19(2)13-15-21)33(30,31)29-17-24(22-10-7-11-23(27)16-22)26(28-29)32-18-20-8-5-4-6-9-20/h3-17,25H,1,18H2,2H3. The average Bonchev–Trinajstić information content (AvgIpc) is 3.25. The number of nitrogens with zero attached hydrogens (tertiary/aromatic N) is 2. The molecule has 0 aliphatic carbocycles. The first kappa shape index (κ1) is 22.8. The number of benzene rings is 3. The van der Waals surface area contributed by atoms with Crippen LogP contribution in [0.5, 0.6) is 5.88 Å². The van der Waals surface area contributed by atoms with Gasteiger partial charge in [0.05, 0.1) is 11.8 Å². The minimum atomic E-state index is -3.95. The first-order valence-corrected chi connectivity index (χ1v) is 12.2. The molecule has 0 spiro atoms. The second kappa shape index (κ2) is 9.65. The quantitative estimate of drug-likeness (QED) is 0.283. The predicted molar refractivity (Wildman–Crippen MR) is 132 cm³/mol. The van der Waals surface area contributed by atoms with Crippen LogP contribution in [-0.4, -0.2) is 17.6 Å². The van der Waals surface area contributed by atoms with E-state index < -0.39 is 15.3 Å². The number of aryl methyl sites for hydroxylation is 1. The first-order valence-electron chi connectivity index (χ1n) is 10.3. The zero-order chi connectivity index (χ0) is 23.4. The summed E-state index contributed by atoms with van der Waals surface area (Å²) in [6, 6.07) is 24.0. The highest BCUT2D eigenvalue weighted by atomic mass is 35.5. The summed E-state index contributed by atoms with van der Waals surface area (Å²) in [4.78, 5) is 0. The lowest BCUT2D eigenvalue weighted by atomic mass is 10.1. The van der Waals surface area contributed by atoms with E-state index in [9.17, 15) is 8.42 Å². The van der Waals surface area contributed by atoms with Crippen molar-refractivity contribution in [1.82, 2.24) is 9.19 Å². The molecule has 4 rings (SSSR count). The topological polar surface area (TPSA) is 61.2 Å². The first-order chi connectivity index (χ1) is 15.9. The van der Waals surface area contributed by atoms with Crippen LogP contribution in [0.2, 0.25) is 5.02 Å². The van der Waals surface area contributed by atoms with Gasteiger partial charge in [0.15, 0.2) is 0 Å². The van der Waals surface area contributed by atoms with Gasteiger partial charge in [-0.1, -0.05) is 90.0 Å². The maximum Gasteiger partial charge on any atom is 0.264 e. The van der Waals surface area contributed by atoms with E-state index >= 15 is 0 Å². The monoisotopic (exact) mass is 478 g/mol. The molecule has 4 aromatic rings. The predicted octanol–water partition coefficient (Wildman–Crippen LogP) is 6.20. The van der Waals surface area contributed by atoms with Crippen molar-refractivity contribution in [3.8, 4) is 17.0 Å². The fraction of sp³-hybridized carbons (Fsp3) is 0.115. The van der Waals surface area contributed by atoms with Crippen LogP contribution in [0.3, 0.4) is 0 Å². The molecule has 0 N–H and O–H groups in total. The van der Waals surface area contributed by atoms with Gasteiger partial charge < -0.3 is 4.74 Å². The molecule has 0 aliphatic rings. The second-order valence-electron chi connectivity index (χ2n) is 7.62. The van der Waals surface area contributed by atoms with Crippen LogP contribution in [0.4, 0.5) is 0 Å². The molecule has 0 aliphatic heterocycles. The Labute approximate surface area is 199 Å². The van der Waals surface area contributed by atoms with E-state index in [0.717, 1.165) is 15.2 Å². The van der Waals surface area contributed by atoms with E-state index in [2.05, 4.69) is 11.7 Å². The molecule has 168 valence electrons. The Hall–Kier alpha value is -3.35. The van der Waals surface area contributed by atoms with Crippen molar-refractivity contribution in [2.24, 2.45) is 0 Å². The van der Waals surface area contributed by atoms with Crippen molar-refractivity contribution in [1.29, 1.82) is 0 Å². The number of rotatable bonds is 8. The molecule has 5 nitrogen and oxygen atoms in total. The summed E-state index contributed by atoms with van der Waals surface area (Å²) in [6.45, 7) is 5.95. The van der Waals surface area contributed by atoms with Gasteiger partial charge in [0, 0.05) is 5.02 Å². The number of hydrogen-bond donors (Lipinski definition) is 0. The van der Waals surface area contributed by atoms with Crippen molar-refractivity contribution in [2.45, 2.75) is 18.8 Å². The molecule has 1 aromatic heterocycles. The number of hydrogen-bond acceptors (Lipinski definition) is 4. The molecule has 7 heteroatoms. The molecule has 33 heavy (non-hydrogen) atoms. The van der Waals surface area contributed by atoms with E-state index in [1.807, 2.05) is 55.5 Å². The third-order valence-electron chi connectivity index (χ3n) is 5.21. The third kappa shape index (κ3) is 5.02. The summed E-state index contributed by atoms with van der Waals surface area (Å²) in [7, 11) is -3.95. The van der Waals surface area contributed by atoms with Gasteiger partial charge in [-0.25, -0.2) is 8.42 Å². The maximum atomic E-state index is 13.5. The molecule has 0 fully saturated rings. The zero-order valence-electron chi connectivity index (χ0n) is 18.1. The summed E-state index contributed by atoms with van der Waals surface area (Å²) in [5.74, 6) is 0.205.